The van der Waals surface area contributed by atoms with Crippen LogP contribution in [0, 0.1) is 0 Å². The van der Waals surface area contributed by atoms with Crippen LogP contribution in [0.5, 0.6) is 0 Å². The molecule has 2 heterocycles. The van der Waals surface area contributed by atoms with Gasteiger partial charge < -0.3 is 9.88 Å². The van der Waals surface area contributed by atoms with Crippen LogP contribution < -0.4 is 10.0 Å². The van der Waals surface area contributed by atoms with E-state index in [9.17, 15) is 13.2 Å². The van der Waals surface area contributed by atoms with Gasteiger partial charge in [-0.25, -0.2) is 13.1 Å². The second-order valence-electron chi connectivity index (χ2n) is 6.92. The predicted molar refractivity (Wildman–Crippen MR) is 93.5 cm³/mol. The van der Waals surface area contributed by atoms with Crippen molar-refractivity contribution in [2.24, 2.45) is 7.05 Å². The van der Waals surface area contributed by atoms with Crippen molar-refractivity contribution in [1.82, 2.24) is 19.5 Å². The highest BCUT2D eigenvalue weighted by molar-refractivity contribution is 7.89. The van der Waals surface area contributed by atoms with E-state index in [4.69, 9.17) is 0 Å². The van der Waals surface area contributed by atoms with Crippen LogP contribution in [0.4, 0.5) is 0 Å². The molecule has 1 aliphatic heterocycles. The topological polar surface area (TPSA) is 83.4 Å². The van der Waals surface area contributed by atoms with Crippen LogP contribution in [0.15, 0.2) is 17.2 Å². The van der Waals surface area contributed by atoms with Gasteiger partial charge in [0.25, 0.3) is 5.91 Å². The highest BCUT2D eigenvalue weighted by atomic mass is 32.2. The smallest absolute Gasteiger partial charge is 0.268 e. The molecular weight excluding hydrogens is 328 g/mol. The van der Waals surface area contributed by atoms with Crippen molar-refractivity contribution >= 4 is 15.9 Å². The van der Waals surface area contributed by atoms with E-state index in [1.54, 1.807) is 7.05 Å². The molecule has 0 aliphatic carbocycles. The summed E-state index contributed by atoms with van der Waals surface area (Å²) in [7, 11) is -0.536. The Bertz CT molecular complexity index is 688. The predicted octanol–water partition coefficient (Wildman–Crippen LogP) is 0.928. The van der Waals surface area contributed by atoms with Crippen molar-refractivity contribution in [2.45, 2.75) is 43.5 Å². The van der Waals surface area contributed by atoms with Crippen LogP contribution >= 0.6 is 0 Å². The Morgan fingerprint density at radius 1 is 1.25 bits per heavy atom. The van der Waals surface area contributed by atoms with Gasteiger partial charge in [-0.3, -0.25) is 9.69 Å². The number of carbonyl (C=O) groups is 1. The summed E-state index contributed by atoms with van der Waals surface area (Å²) in [6, 6.07) is 1.40. The van der Waals surface area contributed by atoms with Gasteiger partial charge in [0, 0.05) is 25.3 Å². The number of hydrogen-bond acceptors (Lipinski definition) is 4. The molecule has 0 saturated carbocycles. The number of nitrogens with zero attached hydrogens (tertiary/aromatic N) is 2. The highest BCUT2D eigenvalue weighted by Crippen LogP contribution is 2.20. The molecule has 1 aliphatic rings. The lowest BCUT2D eigenvalue weighted by atomic mass is 9.98. The first kappa shape index (κ1) is 19.0. The molecule has 0 radical (unpaired) electrons. The molecule has 2 N–H and O–H groups in total. The van der Waals surface area contributed by atoms with E-state index in [-0.39, 0.29) is 16.3 Å². The third-order valence-electron chi connectivity index (χ3n) is 4.69. The van der Waals surface area contributed by atoms with E-state index in [0.717, 1.165) is 13.1 Å². The fourth-order valence-electron chi connectivity index (χ4n) is 3.02. The molecule has 7 nitrogen and oxygen atoms in total. The van der Waals surface area contributed by atoms with E-state index in [0.29, 0.717) is 12.2 Å². The summed E-state index contributed by atoms with van der Waals surface area (Å²) in [5.74, 6) is -0.264. The first-order chi connectivity index (χ1) is 11.2. The summed E-state index contributed by atoms with van der Waals surface area (Å²) in [6.07, 6.45) is 5.10. The molecule has 2 rings (SSSR count). The summed E-state index contributed by atoms with van der Waals surface area (Å²) in [4.78, 5) is 15.0. The normalized spacial score (nSPS) is 17.0. The minimum absolute atomic E-state index is 0.0907. The second kappa shape index (κ2) is 7.25. The fraction of sp³-hybridized carbons (Fsp3) is 0.688. The van der Waals surface area contributed by atoms with Crippen LogP contribution in [0.2, 0.25) is 0 Å². The Hall–Kier alpha value is -1.38. The zero-order valence-corrected chi connectivity index (χ0v) is 15.7. The van der Waals surface area contributed by atoms with Crippen molar-refractivity contribution < 1.29 is 13.2 Å². The molecule has 0 bridgehead atoms. The summed E-state index contributed by atoms with van der Waals surface area (Å²) in [5.41, 5.74) is 0.208. The number of aryl methyl sites for hydroxylation is 1. The van der Waals surface area contributed by atoms with Crippen LogP contribution in [0.3, 0.4) is 0 Å². The van der Waals surface area contributed by atoms with Gasteiger partial charge in [0.2, 0.25) is 10.0 Å². The minimum Gasteiger partial charge on any atom is -0.349 e. The van der Waals surface area contributed by atoms with E-state index in [1.807, 2.05) is 0 Å². The van der Waals surface area contributed by atoms with Gasteiger partial charge >= 0.3 is 0 Å². The number of piperidine rings is 1. The summed E-state index contributed by atoms with van der Waals surface area (Å²) in [6.45, 7) is 6.88. The number of nitrogens with one attached hydrogen (secondary N) is 2. The maximum absolute atomic E-state index is 12.5. The Balaban J connectivity index is 2.05. The second-order valence-corrected chi connectivity index (χ2v) is 8.81. The minimum atomic E-state index is -3.55. The van der Waals surface area contributed by atoms with Gasteiger partial charge in [-0.15, -0.1) is 0 Å². The van der Waals surface area contributed by atoms with Crippen LogP contribution in [0.1, 0.15) is 43.6 Å². The van der Waals surface area contributed by atoms with Crippen molar-refractivity contribution in [2.75, 3.05) is 26.7 Å². The number of amides is 1. The lowest BCUT2D eigenvalue weighted by Crippen LogP contribution is -2.53. The van der Waals surface area contributed by atoms with Crippen LogP contribution in [0.25, 0.3) is 0 Å². The average molecular weight is 356 g/mol. The van der Waals surface area contributed by atoms with Gasteiger partial charge in [-0.05, 0) is 52.9 Å². The molecule has 1 saturated heterocycles. The zero-order chi connectivity index (χ0) is 18.0. The molecule has 0 atom stereocenters. The zero-order valence-electron chi connectivity index (χ0n) is 14.9. The molecular formula is C16H28N4O3S. The summed E-state index contributed by atoms with van der Waals surface area (Å²) in [5, 5.41) is 2.94. The molecule has 0 spiro atoms. The largest absolute Gasteiger partial charge is 0.349 e. The van der Waals surface area contributed by atoms with E-state index in [2.05, 4.69) is 28.8 Å². The molecule has 1 amide bonds. The van der Waals surface area contributed by atoms with Crippen molar-refractivity contribution in [1.29, 1.82) is 0 Å². The Kier molecular flexibility index (Phi) is 5.72. The number of sulfonamides is 1. The standard InChI is InChI=1S/C16H28N4O3S/c1-16(2,20-8-6-5-7-9-20)12-18-15(21)14-10-13(11-19(14)4)24(22,23)17-3/h10-11,17H,5-9,12H2,1-4H3,(H,18,21). The van der Waals surface area contributed by atoms with Gasteiger partial charge in [0.15, 0.2) is 0 Å². The van der Waals surface area contributed by atoms with Crippen molar-refractivity contribution in [3.8, 4) is 0 Å². The SMILES string of the molecule is CNS(=O)(=O)c1cc(C(=O)NCC(C)(C)N2CCCCC2)n(C)c1. The third kappa shape index (κ3) is 4.17. The molecule has 1 aromatic heterocycles. The molecule has 0 aromatic carbocycles. The van der Waals surface area contributed by atoms with Gasteiger partial charge in [0.05, 0.1) is 0 Å². The first-order valence-corrected chi connectivity index (χ1v) is 9.79. The maximum atomic E-state index is 12.5. The van der Waals surface area contributed by atoms with Gasteiger partial charge in [0.1, 0.15) is 10.6 Å². The first-order valence-electron chi connectivity index (χ1n) is 8.30. The molecule has 1 fully saturated rings. The van der Waals surface area contributed by atoms with Gasteiger partial charge in [-0.2, -0.15) is 0 Å². The number of rotatable bonds is 6. The lowest BCUT2D eigenvalue weighted by molar-refractivity contribution is 0.0792. The summed E-state index contributed by atoms with van der Waals surface area (Å²) < 4.78 is 27.5. The molecule has 24 heavy (non-hydrogen) atoms. The van der Waals surface area contributed by atoms with Crippen molar-refractivity contribution in [3.05, 3.63) is 18.0 Å². The number of aromatic nitrogens is 1. The molecule has 0 unspecified atom stereocenters. The Morgan fingerprint density at radius 3 is 2.46 bits per heavy atom. The quantitative estimate of drug-likeness (QED) is 0.794. The monoisotopic (exact) mass is 356 g/mol. The van der Waals surface area contributed by atoms with Gasteiger partial charge in [-0.1, -0.05) is 6.42 Å². The number of likely N-dealkylation sites (tertiary alicyclic amines) is 1. The molecule has 1 aromatic rings. The van der Waals surface area contributed by atoms with Crippen LogP contribution in [-0.4, -0.2) is 56.0 Å². The highest BCUT2D eigenvalue weighted by Gasteiger charge is 2.29. The Labute approximate surface area is 144 Å². The van der Waals surface area contributed by atoms with Crippen LogP contribution in [-0.2, 0) is 17.1 Å². The summed E-state index contributed by atoms with van der Waals surface area (Å²) >= 11 is 0. The van der Waals surface area contributed by atoms with E-state index < -0.39 is 10.0 Å². The Morgan fingerprint density at radius 2 is 1.88 bits per heavy atom. The van der Waals surface area contributed by atoms with Crippen molar-refractivity contribution in [3.63, 3.8) is 0 Å². The lowest BCUT2D eigenvalue weighted by Gasteiger charge is -2.41. The fourth-order valence-corrected chi connectivity index (χ4v) is 3.82. The van der Waals surface area contributed by atoms with E-state index in [1.165, 1.54) is 43.1 Å². The number of hydrogen-bond donors (Lipinski definition) is 2. The average Bonchev–Trinajstić information content (AvgIpc) is 2.96. The molecule has 136 valence electrons. The number of carbonyl (C=O) groups excluding carboxylic acids is 1. The molecule has 8 heteroatoms. The third-order valence-corrected chi connectivity index (χ3v) is 6.07. The maximum Gasteiger partial charge on any atom is 0.268 e. The van der Waals surface area contributed by atoms with E-state index >= 15 is 0 Å².